The first-order valence-electron chi connectivity index (χ1n) is 9.57. The van der Waals surface area contributed by atoms with Gasteiger partial charge in [-0.1, -0.05) is 0 Å². The van der Waals surface area contributed by atoms with Gasteiger partial charge in [-0.05, 0) is 64.8 Å². The molecule has 1 aromatic rings. The van der Waals surface area contributed by atoms with E-state index in [1.165, 1.54) is 12.8 Å². The number of rotatable bonds is 10. The quantitative estimate of drug-likeness (QED) is 0.386. The summed E-state index contributed by atoms with van der Waals surface area (Å²) in [4.78, 5) is 6.83. The van der Waals surface area contributed by atoms with Crippen LogP contribution in [0.15, 0.2) is 21.5 Å². The van der Waals surface area contributed by atoms with Crippen LogP contribution in [0.1, 0.15) is 50.2 Å². The van der Waals surface area contributed by atoms with Crippen molar-refractivity contribution >= 4 is 5.96 Å². The fourth-order valence-electron chi connectivity index (χ4n) is 3.19. The van der Waals surface area contributed by atoms with Crippen molar-refractivity contribution < 1.29 is 9.15 Å². The average Bonchev–Trinajstić information content (AvgIpc) is 3.28. The number of aryl methyl sites for hydroxylation is 1. The van der Waals surface area contributed by atoms with Gasteiger partial charge in [-0.2, -0.15) is 0 Å². The highest BCUT2D eigenvalue weighted by Gasteiger charge is 2.26. The summed E-state index contributed by atoms with van der Waals surface area (Å²) in [5.41, 5.74) is 0. The summed E-state index contributed by atoms with van der Waals surface area (Å²) in [5, 5.41) is 6.85. The lowest BCUT2D eigenvalue weighted by atomic mass is 10.2. The van der Waals surface area contributed by atoms with Crippen LogP contribution in [0.4, 0.5) is 0 Å². The number of hydrogen-bond acceptors (Lipinski definition) is 4. The topological polar surface area (TPSA) is 62.0 Å². The first kappa shape index (κ1) is 19.8. The van der Waals surface area contributed by atoms with Crippen molar-refractivity contribution in [1.29, 1.82) is 0 Å². The van der Waals surface area contributed by atoms with Crippen LogP contribution >= 0.6 is 0 Å². The molecule has 2 rings (SSSR count). The number of nitrogens with zero attached hydrogens (tertiary/aromatic N) is 2. The highest BCUT2D eigenvalue weighted by atomic mass is 16.5. The zero-order valence-corrected chi connectivity index (χ0v) is 16.0. The Balaban J connectivity index is 1.79. The predicted molar refractivity (Wildman–Crippen MR) is 102 cm³/mol. The number of aliphatic imine (C=N–C) groups is 1. The van der Waals surface area contributed by atoms with Gasteiger partial charge in [-0.3, -0.25) is 9.89 Å². The van der Waals surface area contributed by atoms with Crippen LogP contribution in [0.2, 0.25) is 0 Å². The zero-order chi connectivity index (χ0) is 17.9. The van der Waals surface area contributed by atoms with E-state index in [0.29, 0.717) is 0 Å². The summed E-state index contributed by atoms with van der Waals surface area (Å²) >= 11 is 0. The van der Waals surface area contributed by atoms with Crippen molar-refractivity contribution in [3.63, 3.8) is 0 Å². The van der Waals surface area contributed by atoms with Gasteiger partial charge >= 0.3 is 0 Å². The second-order valence-corrected chi connectivity index (χ2v) is 6.49. The highest BCUT2D eigenvalue weighted by Crippen LogP contribution is 2.26. The van der Waals surface area contributed by atoms with Gasteiger partial charge in [0, 0.05) is 33.4 Å². The molecule has 6 nitrogen and oxygen atoms in total. The lowest BCUT2D eigenvalue weighted by Gasteiger charge is -2.26. The van der Waals surface area contributed by atoms with Crippen molar-refractivity contribution in [2.45, 2.75) is 45.6 Å². The number of hydrogen-bond donors (Lipinski definition) is 2. The summed E-state index contributed by atoms with van der Waals surface area (Å²) in [6, 6.07) is 4.40. The summed E-state index contributed by atoms with van der Waals surface area (Å²) in [5.74, 6) is 2.86. The molecule has 2 N–H and O–H groups in total. The molecule has 1 aliphatic rings. The van der Waals surface area contributed by atoms with E-state index >= 15 is 0 Å². The van der Waals surface area contributed by atoms with E-state index in [0.717, 1.165) is 69.7 Å². The molecule has 0 radical (unpaired) electrons. The molecule has 2 heterocycles. The third-order valence-electron chi connectivity index (χ3n) is 4.57. The van der Waals surface area contributed by atoms with E-state index in [2.05, 4.69) is 26.6 Å². The predicted octanol–water partition coefficient (Wildman–Crippen LogP) is 2.71. The third kappa shape index (κ3) is 6.71. The van der Waals surface area contributed by atoms with Gasteiger partial charge in [0.2, 0.25) is 0 Å². The second-order valence-electron chi connectivity index (χ2n) is 6.49. The molecule has 1 aromatic heterocycles. The smallest absolute Gasteiger partial charge is 0.191 e. The first-order valence-corrected chi connectivity index (χ1v) is 9.57. The highest BCUT2D eigenvalue weighted by molar-refractivity contribution is 5.79. The molecule has 0 bridgehead atoms. The van der Waals surface area contributed by atoms with Gasteiger partial charge < -0.3 is 19.8 Å². The maximum absolute atomic E-state index is 5.90. The van der Waals surface area contributed by atoms with E-state index in [1.807, 2.05) is 27.0 Å². The van der Waals surface area contributed by atoms with Gasteiger partial charge in [-0.15, -0.1) is 0 Å². The largest absolute Gasteiger partial charge is 0.465 e. The fourth-order valence-corrected chi connectivity index (χ4v) is 3.19. The molecule has 142 valence electrons. The maximum atomic E-state index is 5.90. The Bertz CT molecular complexity index is 509. The molecular formula is C19H34N4O2. The molecule has 1 aliphatic heterocycles. The van der Waals surface area contributed by atoms with Gasteiger partial charge in [0.05, 0.1) is 6.04 Å². The van der Waals surface area contributed by atoms with Crippen LogP contribution < -0.4 is 10.6 Å². The Morgan fingerprint density at radius 3 is 2.72 bits per heavy atom. The molecule has 0 saturated carbocycles. The van der Waals surface area contributed by atoms with Gasteiger partial charge in [0.1, 0.15) is 11.5 Å². The van der Waals surface area contributed by atoms with Crippen LogP contribution in [0.25, 0.3) is 0 Å². The number of ether oxygens (including phenoxy) is 1. The van der Waals surface area contributed by atoms with Crippen LogP contribution in [0.3, 0.4) is 0 Å². The summed E-state index contributed by atoms with van der Waals surface area (Å²) < 4.78 is 11.3. The van der Waals surface area contributed by atoms with E-state index < -0.39 is 0 Å². The Kier molecular flexibility index (Phi) is 8.83. The Hall–Kier alpha value is -1.53. The maximum Gasteiger partial charge on any atom is 0.191 e. The number of nitrogens with one attached hydrogen (secondary N) is 2. The minimum Gasteiger partial charge on any atom is -0.465 e. The normalized spacial score (nSPS) is 17.0. The monoisotopic (exact) mass is 350 g/mol. The minimum atomic E-state index is 0.257. The van der Waals surface area contributed by atoms with Crippen molar-refractivity contribution in [2.24, 2.45) is 4.99 Å². The molecular weight excluding hydrogens is 316 g/mol. The molecule has 1 saturated heterocycles. The van der Waals surface area contributed by atoms with Gasteiger partial charge in [0.25, 0.3) is 0 Å². The van der Waals surface area contributed by atoms with E-state index in [-0.39, 0.29) is 6.04 Å². The molecule has 1 fully saturated rings. The number of guanidine groups is 1. The molecule has 0 spiro atoms. The van der Waals surface area contributed by atoms with Crippen molar-refractivity contribution in [3.05, 3.63) is 23.7 Å². The third-order valence-corrected chi connectivity index (χ3v) is 4.57. The SMILES string of the molecule is CCOCCCCNC(=NC)NCC(c1ccc(C)o1)N1CCCC1. The molecule has 0 aliphatic carbocycles. The number of unbranched alkanes of at least 4 members (excludes halogenated alkanes) is 1. The molecule has 0 aromatic carbocycles. The summed E-state index contributed by atoms with van der Waals surface area (Å²) in [7, 11) is 1.82. The molecule has 1 atom stereocenters. The number of likely N-dealkylation sites (tertiary alicyclic amines) is 1. The minimum absolute atomic E-state index is 0.257. The van der Waals surface area contributed by atoms with Crippen LogP contribution in [-0.2, 0) is 4.74 Å². The van der Waals surface area contributed by atoms with E-state index in [9.17, 15) is 0 Å². The average molecular weight is 351 g/mol. The first-order chi connectivity index (χ1) is 12.2. The lowest BCUT2D eigenvalue weighted by molar-refractivity contribution is 0.143. The van der Waals surface area contributed by atoms with E-state index in [4.69, 9.17) is 9.15 Å². The lowest BCUT2D eigenvalue weighted by Crippen LogP contribution is -2.42. The van der Waals surface area contributed by atoms with E-state index in [1.54, 1.807) is 0 Å². The Morgan fingerprint density at radius 1 is 1.28 bits per heavy atom. The molecule has 1 unspecified atom stereocenters. The van der Waals surface area contributed by atoms with Gasteiger partial charge in [0.15, 0.2) is 5.96 Å². The van der Waals surface area contributed by atoms with Gasteiger partial charge in [-0.25, -0.2) is 0 Å². The standard InChI is InChI=1S/C19H34N4O2/c1-4-24-14-8-5-11-21-19(20-3)22-15-17(23-12-6-7-13-23)18-10-9-16(2)25-18/h9-10,17H,4-8,11-15H2,1-3H3,(H2,20,21,22). The molecule has 25 heavy (non-hydrogen) atoms. The Morgan fingerprint density at radius 2 is 2.08 bits per heavy atom. The summed E-state index contributed by atoms with van der Waals surface area (Å²) in [6.07, 6.45) is 4.68. The van der Waals surface area contributed by atoms with Crippen LogP contribution in [-0.4, -0.2) is 57.3 Å². The second kappa shape index (κ2) is 11.2. The summed E-state index contributed by atoms with van der Waals surface area (Å²) in [6.45, 7) is 9.62. The molecule has 0 amide bonds. The van der Waals surface area contributed by atoms with Crippen LogP contribution in [0, 0.1) is 6.92 Å². The Labute approximate surface area is 152 Å². The van der Waals surface area contributed by atoms with Crippen molar-refractivity contribution in [2.75, 3.05) is 46.4 Å². The van der Waals surface area contributed by atoms with Crippen molar-refractivity contribution in [1.82, 2.24) is 15.5 Å². The van der Waals surface area contributed by atoms with Crippen LogP contribution in [0.5, 0.6) is 0 Å². The zero-order valence-electron chi connectivity index (χ0n) is 16.0. The fraction of sp³-hybridized carbons (Fsp3) is 0.737. The molecule has 6 heteroatoms. The number of furan rings is 1. The van der Waals surface area contributed by atoms with Crippen molar-refractivity contribution in [3.8, 4) is 0 Å².